The molecule has 0 aliphatic heterocycles. The molecule has 1 aromatic heterocycles. The normalized spacial score (nSPS) is 13.1. The van der Waals surface area contributed by atoms with Crippen molar-refractivity contribution in [3.05, 3.63) is 120 Å². The molecule has 0 spiro atoms. The summed E-state index contributed by atoms with van der Waals surface area (Å²) in [7, 11) is 0. The number of alkyl carbamates (subject to hydrolysis) is 1. The largest absolute Gasteiger partial charge is 0.480 e. The molecule has 38 heavy (non-hydrogen) atoms. The van der Waals surface area contributed by atoms with Gasteiger partial charge in [0.25, 0.3) is 0 Å². The summed E-state index contributed by atoms with van der Waals surface area (Å²) in [5.41, 5.74) is 7.99. The number of ether oxygens (including phenoxy) is 1. The Morgan fingerprint density at radius 3 is 2.11 bits per heavy atom. The van der Waals surface area contributed by atoms with E-state index in [4.69, 9.17) is 4.74 Å². The Hall–Kier alpha value is -4.84. The van der Waals surface area contributed by atoms with Crippen molar-refractivity contribution in [2.24, 2.45) is 0 Å². The highest BCUT2D eigenvalue weighted by Crippen LogP contribution is 2.44. The first-order valence-corrected chi connectivity index (χ1v) is 12.6. The topological polar surface area (TPSA) is 91.4 Å². The van der Waals surface area contributed by atoms with E-state index in [1.807, 2.05) is 91.0 Å². The average Bonchev–Trinajstić information content (AvgIpc) is 3.48. The van der Waals surface area contributed by atoms with Crippen LogP contribution in [0.4, 0.5) is 4.79 Å². The van der Waals surface area contributed by atoms with E-state index in [2.05, 4.69) is 22.4 Å². The molecular formula is C32H26N2O4. The van der Waals surface area contributed by atoms with Crippen molar-refractivity contribution < 1.29 is 19.4 Å². The molecule has 3 N–H and O–H groups in total. The van der Waals surface area contributed by atoms with Gasteiger partial charge in [0, 0.05) is 28.9 Å². The van der Waals surface area contributed by atoms with Crippen LogP contribution in [0.5, 0.6) is 0 Å². The number of carbonyl (C=O) groups excluding carboxylic acids is 1. The zero-order valence-electron chi connectivity index (χ0n) is 20.6. The monoisotopic (exact) mass is 502 g/mol. The van der Waals surface area contributed by atoms with Crippen molar-refractivity contribution in [2.45, 2.75) is 18.4 Å². The summed E-state index contributed by atoms with van der Waals surface area (Å²) in [6.07, 6.45) is -0.645. The molecule has 6 rings (SSSR count). The van der Waals surface area contributed by atoms with E-state index in [1.54, 1.807) is 0 Å². The highest BCUT2D eigenvalue weighted by Gasteiger charge is 2.30. The number of rotatable bonds is 7. The van der Waals surface area contributed by atoms with E-state index in [0.717, 1.165) is 50.0 Å². The number of aromatic nitrogens is 1. The lowest BCUT2D eigenvalue weighted by Gasteiger charge is -2.18. The number of carboxylic acid groups (broad SMARTS) is 1. The zero-order valence-corrected chi connectivity index (χ0v) is 20.6. The van der Waals surface area contributed by atoms with Gasteiger partial charge in [0.05, 0.1) is 0 Å². The summed E-state index contributed by atoms with van der Waals surface area (Å²) >= 11 is 0. The number of para-hydroxylation sites is 1. The van der Waals surface area contributed by atoms with Crippen LogP contribution in [0.2, 0.25) is 0 Å². The van der Waals surface area contributed by atoms with Crippen molar-refractivity contribution >= 4 is 23.0 Å². The lowest BCUT2D eigenvalue weighted by atomic mass is 9.98. The first-order chi connectivity index (χ1) is 18.6. The van der Waals surface area contributed by atoms with Gasteiger partial charge in [-0.1, -0.05) is 97.1 Å². The number of benzene rings is 4. The number of aliphatic carboxylic acids is 1. The molecule has 0 fully saturated rings. The Morgan fingerprint density at radius 1 is 0.816 bits per heavy atom. The average molecular weight is 503 g/mol. The van der Waals surface area contributed by atoms with Crippen LogP contribution in [-0.4, -0.2) is 34.8 Å². The Balaban J connectivity index is 1.22. The maximum absolute atomic E-state index is 12.9. The van der Waals surface area contributed by atoms with Crippen LogP contribution >= 0.6 is 0 Å². The van der Waals surface area contributed by atoms with Crippen molar-refractivity contribution in [3.63, 3.8) is 0 Å². The Kier molecular flexibility index (Phi) is 6.14. The summed E-state index contributed by atoms with van der Waals surface area (Å²) < 4.78 is 5.62. The molecule has 1 amide bonds. The minimum Gasteiger partial charge on any atom is -0.480 e. The molecule has 1 atom stereocenters. The van der Waals surface area contributed by atoms with Crippen LogP contribution < -0.4 is 5.32 Å². The van der Waals surface area contributed by atoms with E-state index in [-0.39, 0.29) is 18.9 Å². The van der Waals surface area contributed by atoms with E-state index in [9.17, 15) is 14.7 Å². The Bertz CT molecular complexity index is 1590. The molecule has 5 aromatic rings. The van der Waals surface area contributed by atoms with E-state index in [0.29, 0.717) is 0 Å². The minimum atomic E-state index is -1.16. The smallest absolute Gasteiger partial charge is 0.407 e. The summed E-state index contributed by atoms with van der Waals surface area (Å²) in [4.78, 5) is 28.6. The Morgan fingerprint density at radius 2 is 1.42 bits per heavy atom. The molecule has 188 valence electrons. The number of fused-ring (bicyclic) bond motifs is 4. The first-order valence-electron chi connectivity index (χ1n) is 12.6. The fourth-order valence-electron chi connectivity index (χ4n) is 5.45. The number of hydrogen-bond acceptors (Lipinski definition) is 3. The van der Waals surface area contributed by atoms with Gasteiger partial charge in [0.1, 0.15) is 12.6 Å². The van der Waals surface area contributed by atoms with Gasteiger partial charge in [-0.15, -0.1) is 0 Å². The van der Waals surface area contributed by atoms with E-state index in [1.165, 1.54) is 0 Å². The van der Waals surface area contributed by atoms with Gasteiger partial charge < -0.3 is 20.1 Å². The molecule has 0 saturated carbocycles. The number of nitrogens with one attached hydrogen (secondary N) is 2. The van der Waals surface area contributed by atoms with Gasteiger partial charge in [-0.3, -0.25) is 0 Å². The number of H-pyrrole nitrogens is 1. The summed E-state index contributed by atoms with van der Waals surface area (Å²) in [6.45, 7) is 0.120. The molecule has 4 aromatic carbocycles. The lowest BCUT2D eigenvalue weighted by molar-refractivity contribution is -0.139. The second-order valence-electron chi connectivity index (χ2n) is 9.45. The van der Waals surface area contributed by atoms with Crippen LogP contribution in [0, 0.1) is 0 Å². The fourth-order valence-corrected chi connectivity index (χ4v) is 5.45. The first kappa shape index (κ1) is 23.6. The van der Waals surface area contributed by atoms with Gasteiger partial charge in [-0.05, 0) is 39.4 Å². The third-order valence-corrected chi connectivity index (χ3v) is 7.22. The van der Waals surface area contributed by atoms with Crippen LogP contribution in [-0.2, 0) is 16.0 Å². The zero-order chi connectivity index (χ0) is 26.1. The number of aromatic amines is 1. The van der Waals surface area contributed by atoms with Crippen molar-refractivity contribution in [1.82, 2.24) is 10.3 Å². The van der Waals surface area contributed by atoms with Crippen molar-refractivity contribution in [2.75, 3.05) is 6.61 Å². The molecule has 1 heterocycles. The minimum absolute atomic E-state index is 0.102. The van der Waals surface area contributed by atoms with Gasteiger partial charge in [-0.2, -0.15) is 0 Å². The molecule has 0 saturated heterocycles. The molecule has 0 unspecified atom stereocenters. The molecule has 0 radical (unpaired) electrons. The molecule has 1 aliphatic carbocycles. The fraction of sp³-hybridized carbons (Fsp3) is 0.125. The van der Waals surface area contributed by atoms with Crippen molar-refractivity contribution in [3.8, 4) is 22.4 Å². The number of amides is 1. The summed E-state index contributed by atoms with van der Waals surface area (Å²) in [6, 6.07) is 32.5. The van der Waals surface area contributed by atoms with Crippen LogP contribution in [0.15, 0.2) is 103 Å². The predicted molar refractivity (Wildman–Crippen MR) is 147 cm³/mol. The molecule has 1 aliphatic rings. The molecule has 0 bridgehead atoms. The molecule has 6 heteroatoms. The quantitative estimate of drug-likeness (QED) is 0.241. The van der Waals surface area contributed by atoms with Crippen LogP contribution in [0.1, 0.15) is 22.6 Å². The third kappa shape index (κ3) is 4.30. The summed E-state index contributed by atoms with van der Waals surface area (Å²) in [5, 5.41) is 13.5. The van der Waals surface area contributed by atoms with Gasteiger partial charge >= 0.3 is 12.1 Å². The van der Waals surface area contributed by atoms with Crippen molar-refractivity contribution in [1.29, 1.82) is 0 Å². The summed E-state index contributed by atoms with van der Waals surface area (Å²) in [5.74, 6) is -1.22. The number of carbonyl (C=O) groups is 2. The van der Waals surface area contributed by atoms with Gasteiger partial charge in [0.2, 0.25) is 0 Å². The standard InChI is InChI=1S/C32H26N2O4/c35-31(36)29(18-26-25-16-8-9-17-28(25)33-30(26)20-10-2-1-3-11-20)34-32(37)38-19-27-23-14-6-4-12-21(23)22-13-5-7-15-24(22)27/h1-17,27,29,33H,18-19H2,(H,34,37)(H,35,36)/t29-/m0/s1. The predicted octanol–water partition coefficient (Wildman–Crippen LogP) is 6.37. The van der Waals surface area contributed by atoms with Crippen LogP contribution in [0.25, 0.3) is 33.3 Å². The number of hydrogen-bond donors (Lipinski definition) is 3. The van der Waals surface area contributed by atoms with E-state index >= 15 is 0 Å². The van der Waals surface area contributed by atoms with Gasteiger partial charge in [-0.25, -0.2) is 9.59 Å². The maximum atomic E-state index is 12.9. The maximum Gasteiger partial charge on any atom is 0.407 e. The Labute approximate surface area is 219 Å². The van der Waals surface area contributed by atoms with Gasteiger partial charge in [0.15, 0.2) is 0 Å². The molecular weight excluding hydrogens is 476 g/mol. The highest BCUT2D eigenvalue weighted by atomic mass is 16.5. The molecule has 6 nitrogen and oxygen atoms in total. The third-order valence-electron chi connectivity index (χ3n) is 7.22. The van der Waals surface area contributed by atoms with E-state index < -0.39 is 18.1 Å². The lowest BCUT2D eigenvalue weighted by Crippen LogP contribution is -2.43. The second-order valence-corrected chi connectivity index (χ2v) is 9.45. The number of carboxylic acids is 1. The highest BCUT2D eigenvalue weighted by molar-refractivity contribution is 5.92. The second kappa shape index (κ2) is 9.90. The van der Waals surface area contributed by atoms with Crippen LogP contribution in [0.3, 0.4) is 0 Å². The SMILES string of the molecule is O=C(N[C@@H](Cc1c(-c2ccccc2)[nH]c2ccccc12)C(=O)O)OCC1c2ccccc2-c2ccccc21.